The minimum atomic E-state index is -0.00152. The molecule has 0 spiro atoms. The Kier molecular flexibility index (Phi) is 6.56. The number of aromatic nitrogens is 2. The van der Waals surface area contributed by atoms with E-state index in [-0.39, 0.29) is 5.91 Å². The lowest BCUT2D eigenvalue weighted by molar-refractivity contribution is 0.0470. The van der Waals surface area contributed by atoms with Crippen LogP contribution >= 0.6 is 22.9 Å². The van der Waals surface area contributed by atoms with Crippen molar-refractivity contribution in [2.45, 2.75) is 25.8 Å². The fraction of sp³-hybridized carbons (Fsp3) is 0.440. The van der Waals surface area contributed by atoms with Gasteiger partial charge in [0.05, 0.1) is 21.3 Å². The molecular weight excluding hydrogens is 454 g/mol. The largest absolute Gasteiger partial charge is 0.335 e. The third kappa shape index (κ3) is 4.73. The second-order valence-electron chi connectivity index (χ2n) is 9.05. The molecule has 0 radical (unpaired) electrons. The first-order valence-corrected chi connectivity index (χ1v) is 12.8. The van der Waals surface area contributed by atoms with Gasteiger partial charge in [0.2, 0.25) is 0 Å². The maximum atomic E-state index is 13.4. The highest BCUT2D eigenvalue weighted by Gasteiger charge is 2.30. The fourth-order valence-corrected chi connectivity index (χ4v) is 5.94. The van der Waals surface area contributed by atoms with Crippen molar-refractivity contribution in [2.24, 2.45) is 0 Å². The second-order valence-corrected chi connectivity index (χ2v) is 10.7. The first kappa shape index (κ1) is 22.6. The van der Waals surface area contributed by atoms with Crippen LogP contribution in [0.15, 0.2) is 42.5 Å². The van der Waals surface area contributed by atoms with E-state index in [2.05, 4.69) is 35.9 Å². The van der Waals surface area contributed by atoms with Crippen molar-refractivity contribution in [2.75, 3.05) is 46.3 Å². The van der Waals surface area contributed by atoms with E-state index in [1.807, 2.05) is 39.9 Å². The van der Waals surface area contributed by atoms with Gasteiger partial charge in [-0.15, -0.1) is 11.3 Å². The molecule has 3 aromatic rings. The van der Waals surface area contributed by atoms with E-state index in [1.54, 1.807) is 11.3 Å². The van der Waals surface area contributed by atoms with Gasteiger partial charge in [-0.1, -0.05) is 23.7 Å². The summed E-state index contributed by atoms with van der Waals surface area (Å²) >= 11 is 8.19. The smallest absolute Gasteiger partial charge is 0.274 e. The number of hydrogen-bond donors (Lipinski definition) is 0. The average molecular weight is 484 g/mol. The van der Waals surface area contributed by atoms with Gasteiger partial charge in [0.15, 0.2) is 5.69 Å². The molecule has 1 amide bonds. The van der Waals surface area contributed by atoms with E-state index in [9.17, 15) is 4.79 Å². The molecule has 6 nitrogen and oxygen atoms in total. The number of hydrogen-bond acceptors (Lipinski definition) is 5. The summed E-state index contributed by atoms with van der Waals surface area (Å²) in [6.45, 7) is 7.77. The number of amides is 1. The normalized spacial score (nSPS) is 18.7. The summed E-state index contributed by atoms with van der Waals surface area (Å²) in [6, 6.07) is 14.4. The Labute approximate surface area is 204 Å². The van der Waals surface area contributed by atoms with Crippen molar-refractivity contribution < 1.29 is 4.79 Å². The fourth-order valence-electron chi connectivity index (χ4n) is 4.85. The van der Waals surface area contributed by atoms with E-state index >= 15 is 0 Å². The zero-order valence-corrected chi connectivity index (χ0v) is 20.8. The van der Waals surface area contributed by atoms with Gasteiger partial charge in [0.1, 0.15) is 0 Å². The Bertz CT molecular complexity index is 1130. The SMILES string of the molecule is Cc1ccc(-c2cc(C(=O)N3CCN(C4CCN(C)CC4)CC3)nn2-c2ccccc2Cl)s1. The van der Waals surface area contributed by atoms with Crippen LogP contribution in [0.25, 0.3) is 16.3 Å². The molecule has 0 bridgehead atoms. The molecule has 2 aromatic heterocycles. The lowest BCUT2D eigenvalue weighted by atomic mass is 10.0. The molecule has 0 unspecified atom stereocenters. The van der Waals surface area contributed by atoms with Crippen LogP contribution < -0.4 is 0 Å². The predicted molar refractivity (Wildman–Crippen MR) is 135 cm³/mol. The Morgan fingerprint density at radius 3 is 2.42 bits per heavy atom. The number of benzene rings is 1. The van der Waals surface area contributed by atoms with Crippen LogP contribution in [0.2, 0.25) is 5.02 Å². The molecule has 2 fully saturated rings. The Hall–Kier alpha value is -2.19. The van der Waals surface area contributed by atoms with Crippen molar-refractivity contribution in [3.63, 3.8) is 0 Å². The second kappa shape index (κ2) is 9.58. The summed E-state index contributed by atoms with van der Waals surface area (Å²) in [5, 5.41) is 5.36. The van der Waals surface area contributed by atoms with E-state index < -0.39 is 0 Å². The zero-order valence-electron chi connectivity index (χ0n) is 19.2. The van der Waals surface area contributed by atoms with Gasteiger partial charge in [-0.2, -0.15) is 5.10 Å². The molecule has 8 heteroatoms. The number of piperazine rings is 1. The number of rotatable bonds is 4. The van der Waals surface area contributed by atoms with Crippen LogP contribution in [-0.4, -0.2) is 82.7 Å². The van der Waals surface area contributed by atoms with Crippen LogP contribution in [-0.2, 0) is 0 Å². The Balaban J connectivity index is 1.36. The lowest BCUT2D eigenvalue weighted by Gasteiger charge is -2.42. The number of para-hydroxylation sites is 1. The van der Waals surface area contributed by atoms with Gasteiger partial charge in [0.25, 0.3) is 5.91 Å². The number of aryl methyl sites for hydroxylation is 1. The molecule has 1 aromatic carbocycles. The number of piperidine rings is 1. The number of carbonyl (C=O) groups excluding carboxylic acids is 1. The molecular formula is C25H30ClN5OS. The van der Waals surface area contributed by atoms with Crippen LogP contribution in [0.5, 0.6) is 0 Å². The quantitative estimate of drug-likeness (QED) is 0.551. The molecule has 2 saturated heterocycles. The highest BCUT2D eigenvalue weighted by Crippen LogP contribution is 2.32. The van der Waals surface area contributed by atoms with Crippen LogP contribution in [0.3, 0.4) is 0 Å². The molecule has 0 N–H and O–H groups in total. The third-order valence-corrected chi connectivity index (χ3v) is 8.15. The van der Waals surface area contributed by atoms with Crippen molar-refractivity contribution in [1.29, 1.82) is 0 Å². The summed E-state index contributed by atoms with van der Waals surface area (Å²) in [5.41, 5.74) is 2.16. The summed E-state index contributed by atoms with van der Waals surface area (Å²) in [7, 11) is 2.19. The maximum Gasteiger partial charge on any atom is 0.274 e. The number of carbonyl (C=O) groups is 1. The summed E-state index contributed by atoms with van der Waals surface area (Å²) in [4.78, 5) is 22.7. The first-order valence-electron chi connectivity index (χ1n) is 11.6. The monoisotopic (exact) mass is 483 g/mol. The van der Waals surface area contributed by atoms with E-state index in [0.29, 0.717) is 16.8 Å². The van der Waals surface area contributed by atoms with E-state index in [4.69, 9.17) is 16.7 Å². The molecule has 2 aliphatic heterocycles. The summed E-state index contributed by atoms with van der Waals surface area (Å²) in [6.07, 6.45) is 2.44. The summed E-state index contributed by atoms with van der Waals surface area (Å²) in [5.74, 6) is -0.00152. The third-order valence-electron chi connectivity index (χ3n) is 6.81. The predicted octanol–water partition coefficient (Wildman–Crippen LogP) is 4.41. The highest BCUT2D eigenvalue weighted by molar-refractivity contribution is 7.15. The average Bonchev–Trinajstić information content (AvgIpc) is 3.46. The maximum absolute atomic E-state index is 13.4. The van der Waals surface area contributed by atoms with Gasteiger partial charge >= 0.3 is 0 Å². The molecule has 33 heavy (non-hydrogen) atoms. The van der Waals surface area contributed by atoms with E-state index in [0.717, 1.165) is 55.5 Å². The van der Waals surface area contributed by atoms with Crippen molar-refractivity contribution in [1.82, 2.24) is 24.5 Å². The minimum absolute atomic E-state index is 0.00152. The minimum Gasteiger partial charge on any atom is -0.335 e. The van der Waals surface area contributed by atoms with Gasteiger partial charge in [0, 0.05) is 37.1 Å². The van der Waals surface area contributed by atoms with Gasteiger partial charge in [-0.05, 0) is 70.2 Å². The van der Waals surface area contributed by atoms with Crippen molar-refractivity contribution in [3.8, 4) is 16.3 Å². The number of likely N-dealkylation sites (tertiary alicyclic amines) is 1. The van der Waals surface area contributed by atoms with Crippen molar-refractivity contribution >= 4 is 28.8 Å². The van der Waals surface area contributed by atoms with Crippen molar-refractivity contribution in [3.05, 3.63) is 58.1 Å². The van der Waals surface area contributed by atoms with Crippen LogP contribution in [0, 0.1) is 6.92 Å². The van der Waals surface area contributed by atoms with Crippen LogP contribution in [0.4, 0.5) is 0 Å². The number of halogens is 1. The topological polar surface area (TPSA) is 44.6 Å². The Morgan fingerprint density at radius 1 is 1.03 bits per heavy atom. The number of nitrogens with zero attached hydrogens (tertiary/aromatic N) is 5. The summed E-state index contributed by atoms with van der Waals surface area (Å²) < 4.78 is 1.82. The zero-order chi connectivity index (χ0) is 22.9. The molecule has 0 saturated carbocycles. The number of thiophene rings is 1. The highest BCUT2D eigenvalue weighted by atomic mass is 35.5. The first-order chi connectivity index (χ1) is 16.0. The Morgan fingerprint density at radius 2 is 1.76 bits per heavy atom. The van der Waals surface area contributed by atoms with Crippen LogP contribution in [0.1, 0.15) is 28.2 Å². The molecule has 5 rings (SSSR count). The lowest BCUT2D eigenvalue weighted by Crippen LogP contribution is -2.54. The van der Waals surface area contributed by atoms with Gasteiger partial charge in [-0.25, -0.2) is 4.68 Å². The van der Waals surface area contributed by atoms with Gasteiger partial charge in [-0.3, -0.25) is 9.69 Å². The van der Waals surface area contributed by atoms with Gasteiger partial charge < -0.3 is 9.80 Å². The standard InChI is InChI=1S/C25H30ClN5OS/c1-18-7-8-24(33-18)23-17-21(27-31(23)22-6-4-3-5-20(22)26)25(32)30-15-13-29(14-16-30)19-9-11-28(2)12-10-19/h3-8,17,19H,9-16H2,1-2H3. The molecule has 0 aliphatic carbocycles. The molecule has 174 valence electrons. The van der Waals surface area contributed by atoms with E-state index in [1.165, 1.54) is 17.7 Å². The molecule has 2 aliphatic rings. The molecule has 0 atom stereocenters. The molecule has 4 heterocycles.